The van der Waals surface area contributed by atoms with Gasteiger partial charge in [-0.2, -0.15) is 0 Å². The summed E-state index contributed by atoms with van der Waals surface area (Å²) in [7, 11) is 0. The van der Waals surface area contributed by atoms with Gasteiger partial charge < -0.3 is 10.6 Å². The van der Waals surface area contributed by atoms with Gasteiger partial charge in [0.1, 0.15) is 11.4 Å². The molecule has 1 aromatic carbocycles. The first-order valence-electron chi connectivity index (χ1n) is 6.40. The minimum Gasteiger partial charge on any atom is -0.346 e. The molecule has 3 N–H and O–H groups in total. The van der Waals surface area contributed by atoms with Crippen molar-refractivity contribution in [2.24, 2.45) is 5.73 Å². The van der Waals surface area contributed by atoms with Crippen LogP contribution in [0.25, 0.3) is 0 Å². The Morgan fingerprint density at radius 1 is 1.40 bits per heavy atom. The number of carbonyl (C=O) groups is 2. The molecule has 1 heterocycles. The number of nitrogens with zero attached hydrogens (tertiary/aromatic N) is 1. The third kappa shape index (κ3) is 2.38. The van der Waals surface area contributed by atoms with E-state index in [1.165, 1.54) is 11.0 Å². The number of halogens is 1. The van der Waals surface area contributed by atoms with Crippen LogP contribution in [0.5, 0.6) is 0 Å². The summed E-state index contributed by atoms with van der Waals surface area (Å²) in [6.45, 7) is 4.99. The fourth-order valence-electron chi connectivity index (χ4n) is 2.19. The summed E-state index contributed by atoms with van der Waals surface area (Å²) in [4.78, 5) is 24.9. The number of amides is 2. The van der Waals surface area contributed by atoms with Crippen molar-refractivity contribution in [2.45, 2.75) is 32.4 Å². The second-order valence-corrected chi connectivity index (χ2v) is 5.52. The Kier molecular flexibility index (Phi) is 3.52. The molecule has 0 aromatic heterocycles. The number of carbonyl (C=O) groups excluding carboxylic acids is 2. The van der Waals surface area contributed by atoms with Gasteiger partial charge in [-0.25, -0.2) is 4.39 Å². The van der Waals surface area contributed by atoms with Gasteiger partial charge in [0.15, 0.2) is 0 Å². The lowest BCUT2D eigenvalue weighted by atomic mass is 9.97. The van der Waals surface area contributed by atoms with Crippen molar-refractivity contribution in [3.63, 3.8) is 0 Å². The first-order chi connectivity index (χ1) is 9.23. The van der Waals surface area contributed by atoms with E-state index >= 15 is 0 Å². The summed E-state index contributed by atoms with van der Waals surface area (Å²) in [5, 5.41) is 2.26. The number of imide groups is 1. The van der Waals surface area contributed by atoms with Crippen molar-refractivity contribution in [1.82, 2.24) is 5.32 Å². The molecule has 1 saturated heterocycles. The van der Waals surface area contributed by atoms with Gasteiger partial charge in [0.2, 0.25) is 5.91 Å². The molecular weight excluding hydrogens is 261 g/mol. The molecule has 5 nitrogen and oxygen atoms in total. The number of hydrogen-bond acceptors (Lipinski definition) is 4. The first kappa shape index (κ1) is 14.5. The molecule has 0 saturated carbocycles. The maximum atomic E-state index is 14.3. The first-order valence-corrected chi connectivity index (χ1v) is 6.40. The fourth-order valence-corrected chi connectivity index (χ4v) is 2.19. The third-order valence-corrected chi connectivity index (χ3v) is 3.57. The summed E-state index contributed by atoms with van der Waals surface area (Å²) in [6.07, 6.45) is 0. The predicted molar refractivity (Wildman–Crippen MR) is 73.6 cm³/mol. The molecule has 0 radical (unpaired) electrons. The molecule has 0 bridgehead atoms. The highest BCUT2D eigenvalue weighted by Crippen LogP contribution is 2.30. The van der Waals surface area contributed by atoms with Gasteiger partial charge >= 0.3 is 0 Å². The number of nitrogens with one attached hydrogen (secondary N) is 1. The SMILES string of the molecule is C[C@@H](N)c1ccc(N2CC(=O)NC(=O)C2(C)C)c(F)c1. The fraction of sp³-hybridized carbons (Fsp3) is 0.429. The zero-order valence-corrected chi connectivity index (χ0v) is 11.7. The van der Waals surface area contributed by atoms with Gasteiger partial charge in [-0.15, -0.1) is 0 Å². The van der Waals surface area contributed by atoms with Gasteiger partial charge in [0, 0.05) is 6.04 Å². The number of nitrogens with two attached hydrogens (primary N) is 1. The quantitative estimate of drug-likeness (QED) is 0.795. The van der Waals surface area contributed by atoms with Crippen molar-refractivity contribution in [1.29, 1.82) is 0 Å². The summed E-state index contributed by atoms with van der Waals surface area (Å²) in [5.41, 5.74) is 5.60. The number of hydrogen-bond donors (Lipinski definition) is 2. The highest BCUT2D eigenvalue weighted by atomic mass is 19.1. The topological polar surface area (TPSA) is 75.4 Å². The Balaban J connectivity index is 2.44. The van der Waals surface area contributed by atoms with E-state index in [2.05, 4.69) is 5.32 Å². The molecule has 0 spiro atoms. The van der Waals surface area contributed by atoms with Gasteiger partial charge in [0.05, 0.1) is 12.2 Å². The Bertz CT molecular complexity index is 570. The number of piperazine rings is 1. The van der Waals surface area contributed by atoms with Crippen LogP contribution in [0.2, 0.25) is 0 Å². The van der Waals surface area contributed by atoms with Crippen molar-refractivity contribution in [3.8, 4) is 0 Å². The lowest BCUT2D eigenvalue weighted by Crippen LogP contribution is -2.64. The van der Waals surface area contributed by atoms with Gasteiger partial charge in [-0.05, 0) is 38.5 Å². The van der Waals surface area contributed by atoms with E-state index in [9.17, 15) is 14.0 Å². The molecule has 1 atom stereocenters. The van der Waals surface area contributed by atoms with Crippen LogP contribution >= 0.6 is 0 Å². The second-order valence-electron chi connectivity index (χ2n) is 5.52. The van der Waals surface area contributed by atoms with Crippen LogP contribution in [0.4, 0.5) is 10.1 Å². The highest BCUT2D eigenvalue weighted by Gasteiger charge is 2.41. The smallest absolute Gasteiger partial charge is 0.251 e. The van der Waals surface area contributed by atoms with E-state index in [4.69, 9.17) is 5.73 Å². The minimum absolute atomic E-state index is 0.0623. The molecule has 6 heteroatoms. The molecule has 20 heavy (non-hydrogen) atoms. The monoisotopic (exact) mass is 279 g/mol. The minimum atomic E-state index is -0.995. The molecule has 108 valence electrons. The van der Waals surface area contributed by atoms with Crippen molar-refractivity contribution in [2.75, 3.05) is 11.4 Å². The van der Waals surface area contributed by atoms with Crippen LogP contribution in [0, 0.1) is 5.82 Å². The van der Waals surface area contributed by atoms with Crippen LogP contribution in [0.1, 0.15) is 32.4 Å². The lowest BCUT2D eigenvalue weighted by Gasteiger charge is -2.41. The molecule has 1 fully saturated rings. The van der Waals surface area contributed by atoms with Crippen LogP contribution in [-0.2, 0) is 9.59 Å². The Morgan fingerprint density at radius 2 is 2.05 bits per heavy atom. The van der Waals surface area contributed by atoms with Crippen molar-refractivity contribution >= 4 is 17.5 Å². The van der Waals surface area contributed by atoms with E-state index in [-0.39, 0.29) is 18.3 Å². The Hall–Kier alpha value is -1.95. The van der Waals surface area contributed by atoms with E-state index in [0.29, 0.717) is 5.56 Å². The summed E-state index contributed by atoms with van der Waals surface area (Å²) in [5.74, 6) is -1.37. The third-order valence-electron chi connectivity index (χ3n) is 3.57. The molecule has 1 aliphatic rings. The Morgan fingerprint density at radius 3 is 2.60 bits per heavy atom. The normalized spacial score (nSPS) is 19.8. The van der Waals surface area contributed by atoms with Gasteiger partial charge in [-0.3, -0.25) is 14.9 Å². The average molecular weight is 279 g/mol. The zero-order chi connectivity index (χ0) is 15.1. The summed E-state index contributed by atoms with van der Waals surface area (Å²) in [6, 6.07) is 4.32. The highest BCUT2D eigenvalue weighted by molar-refractivity contribution is 6.06. The van der Waals surface area contributed by atoms with E-state index in [1.54, 1.807) is 32.9 Å². The maximum Gasteiger partial charge on any atom is 0.251 e. The summed E-state index contributed by atoms with van der Waals surface area (Å²) < 4.78 is 14.3. The predicted octanol–water partition coefficient (Wildman–Crippen LogP) is 1.09. The largest absolute Gasteiger partial charge is 0.346 e. The molecular formula is C14H18FN3O2. The van der Waals surface area contributed by atoms with Gasteiger partial charge in [0.25, 0.3) is 5.91 Å². The Labute approximate surface area is 116 Å². The maximum absolute atomic E-state index is 14.3. The average Bonchev–Trinajstić information content (AvgIpc) is 2.34. The van der Waals surface area contributed by atoms with E-state index in [0.717, 1.165) is 0 Å². The molecule has 2 amide bonds. The molecule has 2 rings (SSSR count). The van der Waals surface area contributed by atoms with Crippen LogP contribution in [0.3, 0.4) is 0 Å². The number of anilines is 1. The van der Waals surface area contributed by atoms with Crippen LogP contribution < -0.4 is 16.0 Å². The van der Waals surface area contributed by atoms with Gasteiger partial charge in [-0.1, -0.05) is 6.07 Å². The summed E-state index contributed by atoms with van der Waals surface area (Å²) >= 11 is 0. The number of rotatable bonds is 2. The van der Waals surface area contributed by atoms with E-state index < -0.39 is 23.2 Å². The van der Waals surface area contributed by atoms with Crippen LogP contribution in [-0.4, -0.2) is 23.9 Å². The molecule has 1 aliphatic heterocycles. The van der Waals surface area contributed by atoms with Crippen molar-refractivity contribution in [3.05, 3.63) is 29.6 Å². The number of benzene rings is 1. The molecule has 1 aromatic rings. The lowest BCUT2D eigenvalue weighted by molar-refractivity contribution is -0.135. The molecule has 0 aliphatic carbocycles. The zero-order valence-electron chi connectivity index (χ0n) is 11.7. The second kappa shape index (κ2) is 4.86. The van der Waals surface area contributed by atoms with E-state index in [1.807, 2.05) is 0 Å². The standard InChI is InChI=1S/C14H18FN3O2/c1-8(16)9-4-5-11(10(15)6-9)18-7-12(19)17-13(20)14(18,2)3/h4-6,8H,7,16H2,1-3H3,(H,17,19,20)/t8-/m1/s1. The van der Waals surface area contributed by atoms with Crippen LogP contribution in [0.15, 0.2) is 18.2 Å². The molecule has 0 unspecified atom stereocenters. The van der Waals surface area contributed by atoms with Crippen molar-refractivity contribution < 1.29 is 14.0 Å².